The third-order valence-corrected chi connectivity index (χ3v) is 4.38. The molecule has 0 atom stereocenters. The average Bonchev–Trinajstić information content (AvgIpc) is 2.71. The minimum absolute atomic E-state index is 0.0409. The number of likely N-dealkylation sites (N-methyl/N-ethyl adjacent to an activating group) is 1. The summed E-state index contributed by atoms with van der Waals surface area (Å²) >= 11 is 6.49. The smallest absolute Gasteiger partial charge is 0.373 e. The molecular formula is C15H15NO4S2. The number of aromatic hydroxyl groups is 1. The number of rotatable bonds is 2. The number of hydrogen-bond donors (Lipinski definition) is 1. The van der Waals surface area contributed by atoms with Crippen LogP contribution in [0.15, 0.2) is 17.0 Å². The summed E-state index contributed by atoms with van der Waals surface area (Å²) in [6, 6.07) is 3.72. The van der Waals surface area contributed by atoms with Gasteiger partial charge in [0.2, 0.25) is 0 Å². The van der Waals surface area contributed by atoms with Gasteiger partial charge in [-0.15, -0.1) is 0 Å². The molecule has 116 valence electrons. The number of nitrogens with zero attached hydrogens (tertiary/aromatic N) is 1. The van der Waals surface area contributed by atoms with Crippen molar-refractivity contribution in [3.8, 4) is 5.75 Å². The number of carbonyl (C=O) groups excluding carboxylic acids is 3. The molecule has 2 rings (SSSR count). The van der Waals surface area contributed by atoms with Crippen LogP contribution in [0.25, 0.3) is 6.08 Å². The van der Waals surface area contributed by atoms with E-state index in [1.165, 1.54) is 11.8 Å². The van der Waals surface area contributed by atoms with Gasteiger partial charge in [0.05, 0.1) is 4.91 Å². The van der Waals surface area contributed by atoms with Gasteiger partial charge >= 0.3 is 6.15 Å². The van der Waals surface area contributed by atoms with Crippen molar-refractivity contribution in [2.24, 2.45) is 0 Å². The first-order valence-electron chi connectivity index (χ1n) is 6.40. The maximum Gasteiger partial charge on any atom is 0.373 e. The van der Waals surface area contributed by atoms with E-state index >= 15 is 0 Å². The van der Waals surface area contributed by atoms with Crippen molar-refractivity contribution < 1.29 is 19.5 Å². The minimum Gasteiger partial charge on any atom is -0.507 e. The molecule has 1 heterocycles. The molecule has 0 radical (unpaired) electrons. The van der Waals surface area contributed by atoms with Crippen molar-refractivity contribution in [1.29, 1.82) is 0 Å². The third-order valence-electron chi connectivity index (χ3n) is 3.00. The number of thioether (sulfide) groups is 1. The normalized spacial score (nSPS) is 15.6. The Morgan fingerprint density at radius 2 is 1.82 bits per heavy atom. The van der Waals surface area contributed by atoms with Gasteiger partial charge in [-0.05, 0) is 55.7 Å². The Labute approximate surface area is 138 Å². The minimum atomic E-state index is -0.0409. The van der Waals surface area contributed by atoms with E-state index < -0.39 is 0 Å². The highest BCUT2D eigenvalue weighted by atomic mass is 32.2. The van der Waals surface area contributed by atoms with Gasteiger partial charge in [0.15, 0.2) is 0 Å². The van der Waals surface area contributed by atoms with Gasteiger partial charge in [0.1, 0.15) is 10.1 Å². The summed E-state index contributed by atoms with van der Waals surface area (Å²) in [5, 5.41) is 9.74. The van der Waals surface area contributed by atoms with Gasteiger partial charge in [-0.1, -0.05) is 24.0 Å². The molecule has 0 spiro atoms. The maximum absolute atomic E-state index is 12.1. The molecule has 7 heteroatoms. The molecule has 1 N–H and O–H groups in total. The lowest BCUT2D eigenvalue weighted by molar-refractivity contribution is -0.191. The number of carbonyl (C=O) groups is 1. The zero-order chi connectivity index (χ0) is 16.9. The lowest BCUT2D eigenvalue weighted by Crippen LogP contribution is -2.27. The summed E-state index contributed by atoms with van der Waals surface area (Å²) in [6.07, 6.45) is 2.08. The number of phenolic OH excluding ortho intramolecular Hbond substituents is 1. The molecule has 0 aliphatic carbocycles. The summed E-state index contributed by atoms with van der Waals surface area (Å²) in [4.78, 5) is 30.6. The van der Waals surface area contributed by atoms with Crippen LogP contribution in [0, 0.1) is 13.8 Å². The molecule has 1 aromatic carbocycles. The summed E-state index contributed by atoms with van der Waals surface area (Å²) < 4.78 is 0.603. The van der Waals surface area contributed by atoms with Crippen molar-refractivity contribution in [2.45, 2.75) is 20.8 Å². The van der Waals surface area contributed by atoms with E-state index in [1.54, 1.807) is 4.90 Å². The fourth-order valence-electron chi connectivity index (χ4n) is 2.00. The first-order valence-corrected chi connectivity index (χ1v) is 7.63. The molecular weight excluding hydrogens is 322 g/mol. The molecule has 0 unspecified atom stereocenters. The second-order valence-electron chi connectivity index (χ2n) is 4.51. The molecule has 0 bridgehead atoms. The van der Waals surface area contributed by atoms with Crippen LogP contribution in [0.5, 0.6) is 5.75 Å². The second-order valence-corrected chi connectivity index (χ2v) is 6.19. The van der Waals surface area contributed by atoms with Crippen molar-refractivity contribution in [2.75, 3.05) is 6.54 Å². The highest BCUT2D eigenvalue weighted by molar-refractivity contribution is 8.26. The molecule has 22 heavy (non-hydrogen) atoms. The van der Waals surface area contributed by atoms with E-state index in [4.69, 9.17) is 21.8 Å². The molecule has 1 amide bonds. The van der Waals surface area contributed by atoms with Crippen LogP contribution in [0.3, 0.4) is 0 Å². The van der Waals surface area contributed by atoms with E-state index in [0.29, 0.717) is 21.5 Å². The maximum atomic E-state index is 12.1. The predicted molar refractivity (Wildman–Crippen MR) is 88.1 cm³/mol. The van der Waals surface area contributed by atoms with Gasteiger partial charge in [-0.3, -0.25) is 9.69 Å². The van der Waals surface area contributed by atoms with Gasteiger partial charge in [-0.25, -0.2) is 0 Å². The van der Waals surface area contributed by atoms with E-state index in [9.17, 15) is 9.90 Å². The van der Waals surface area contributed by atoms with Gasteiger partial charge in [-0.2, -0.15) is 9.59 Å². The predicted octanol–water partition coefficient (Wildman–Crippen LogP) is 2.65. The average molecular weight is 337 g/mol. The largest absolute Gasteiger partial charge is 0.507 e. The van der Waals surface area contributed by atoms with Crippen LogP contribution in [0.4, 0.5) is 0 Å². The highest BCUT2D eigenvalue weighted by Gasteiger charge is 2.30. The van der Waals surface area contributed by atoms with E-state index in [-0.39, 0.29) is 12.1 Å². The molecule has 1 aliphatic heterocycles. The Balaban J connectivity index is 0.000000745. The molecule has 5 nitrogen and oxygen atoms in total. The SMILES string of the molecule is CCN1C(=O)/C(=C/c2cc(C)c(O)c(C)c2)SC1=S.O=C=O. The van der Waals surface area contributed by atoms with Crippen LogP contribution in [0.1, 0.15) is 23.6 Å². The van der Waals surface area contributed by atoms with Crippen molar-refractivity contribution >= 4 is 46.4 Å². The Kier molecular flexibility index (Phi) is 6.49. The van der Waals surface area contributed by atoms with Crippen molar-refractivity contribution in [3.05, 3.63) is 33.7 Å². The Hall–Kier alpha value is -1.95. The fourth-order valence-corrected chi connectivity index (χ4v) is 3.38. The molecule has 1 saturated heterocycles. The van der Waals surface area contributed by atoms with Gasteiger partial charge < -0.3 is 5.11 Å². The first-order chi connectivity index (χ1) is 10.3. The Bertz CT molecular complexity index is 653. The van der Waals surface area contributed by atoms with E-state index in [0.717, 1.165) is 16.7 Å². The summed E-state index contributed by atoms with van der Waals surface area (Å²) in [5.41, 5.74) is 2.51. The number of aryl methyl sites for hydroxylation is 2. The van der Waals surface area contributed by atoms with Crippen LogP contribution in [0.2, 0.25) is 0 Å². The first kappa shape index (κ1) is 18.1. The van der Waals surface area contributed by atoms with Gasteiger partial charge in [0.25, 0.3) is 5.91 Å². The lowest BCUT2D eigenvalue weighted by Gasteiger charge is -2.09. The molecule has 1 fully saturated rings. The molecule has 0 saturated carbocycles. The highest BCUT2D eigenvalue weighted by Crippen LogP contribution is 2.33. The Morgan fingerprint density at radius 3 is 2.23 bits per heavy atom. The molecule has 0 aromatic heterocycles. The second kappa shape index (κ2) is 7.89. The molecule has 1 aliphatic rings. The van der Waals surface area contributed by atoms with Gasteiger partial charge in [0, 0.05) is 6.54 Å². The zero-order valence-corrected chi connectivity index (χ0v) is 14.0. The summed E-state index contributed by atoms with van der Waals surface area (Å²) in [6.45, 7) is 6.19. The topological polar surface area (TPSA) is 74.7 Å². The lowest BCUT2D eigenvalue weighted by atomic mass is 10.1. The zero-order valence-electron chi connectivity index (χ0n) is 12.4. The Morgan fingerprint density at radius 1 is 1.32 bits per heavy atom. The number of thiocarbonyl (C=S) groups is 1. The number of amides is 1. The molecule has 1 aromatic rings. The summed E-state index contributed by atoms with van der Waals surface area (Å²) in [5.74, 6) is 0.263. The fraction of sp³-hybridized carbons (Fsp3) is 0.267. The van der Waals surface area contributed by atoms with Crippen LogP contribution < -0.4 is 0 Å². The van der Waals surface area contributed by atoms with Crippen LogP contribution >= 0.6 is 24.0 Å². The standard InChI is InChI=1S/C14H15NO2S2.CO2/c1-4-15-13(17)11(19-14(15)18)7-10-5-8(2)12(16)9(3)6-10;2-1-3/h5-7,16H,4H2,1-3H3;/b11-7-;. The van der Waals surface area contributed by atoms with Crippen molar-refractivity contribution in [3.63, 3.8) is 0 Å². The number of hydrogen-bond acceptors (Lipinski definition) is 6. The number of phenols is 1. The van der Waals surface area contributed by atoms with Crippen LogP contribution in [-0.4, -0.2) is 32.9 Å². The third kappa shape index (κ3) is 4.04. The van der Waals surface area contributed by atoms with E-state index in [1.807, 2.05) is 39.0 Å². The monoisotopic (exact) mass is 337 g/mol. The summed E-state index contributed by atoms with van der Waals surface area (Å²) in [7, 11) is 0. The van der Waals surface area contributed by atoms with E-state index in [2.05, 4.69) is 0 Å². The number of benzene rings is 1. The quantitative estimate of drug-likeness (QED) is 0.660. The van der Waals surface area contributed by atoms with Crippen molar-refractivity contribution in [1.82, 2.24) is 4.90 Å². The van der Waals surface area contributed by atoms with Crippen LogP contribution in [-0.2, 0) is 14.4 Å².